The first kappa shape index (κ1) is 19.8. The van der Waals surface area contributed by atoms with Crippen molar-refractivity contribution in [1.29, 1.82) is 0 Å². The van der Waals surface area contributed by atoms with Crippen LogP contribution in [0.15, 0.2) is 12.2 Å². The largest absolute Gasteiger partial charge is 0.456 e. The van der Waals surface area contributed by atoms with E-state index in [4.69, 9.17) is 4.74 Å². The van der Waals surface area contributed by atoms with Gasteiger partial charge in [0.05, 0.1) is 35.3 Å². The van der Waals surface area contributed by atoms with E-state index in [1.165, 1.54) is 0 Å². The summed E-state index contributed by atoms with van der Waals surface area (Å²) in [6.07, 6.45) is 4.80. The first-order chi connectivity index (χ1) is 13.3. The standard InChI is InChI=1S/C19H24N4O5/c1-11-17(12(2)22(3)21-11)20-15(24)10-28-16(25)8-9-23-18(26)13-6-4-5-7-14(13)19(23)27/h4-5,13-14H,6-10H2,1-3H3,(H,20,24)/t13-,14-/m0/s1. The normalized spacial score (nSPS) is 21.0. The van der Waals surface area contributed by atoms with Crippen molar-refractivity contribution in [2.24, 2.45) is 18.9 Å². The molecule has 150 valence electrons. The highest BCUT2D eigenvalue weighted by Crippen LogP contribution is 2.35. The molecular formula is C19H24N4O5. The predicted molar refractivity (Wildman–Crippen MR) is 99.0 cm³/mol. The van der Waals surface area contributed by atoms with Gasteiger partial charge in [-0.1, -0.05) is 12.2 Å². The van der Waals surface area contributed by atoms with E-state index in [1.54, 1.807) is 18.7 Å². The molecule has 2 atom stereocenters. The summed E-state index contributed by atoms with van der Waals surface area (Å²) in [7, 11) is 1.77. The van der Waals surface area contributed by atoms with Crippen molar-refractivity contribution in [3.8, 4) is 0 Å². The molecule has 0 saturated carbocycles. The predicted octanol–water partition coefficient (Wildman–Crippen LogP) is 0.860. The van der Waals surface area contributed by atoms with Crippen LogP contribution in [0.2, 0.25) is 0 Å². The number of allylic oxidation sites excluding steroid dienone is 2. The van der Waals surface area contributed by atoms with Crippen LogP contribution in [0.1, 0.15) is 30.7 Å². The monoisotopic (exact) mass is 388 g/mol. The highest BCUT2D eigenvalue weighted by atomic mass is 16.5. The number of esters is 1. The molecule has 0 aromatic carbocycles. The molecule has 1 saturated heterocycles. The van der Waals surface area contributed by atoms with E-state index in [0.29, 0.717) is 24.2 Å². The molecule has 3 rings (SSSR count). The Balaban J connectivity index is 1.45. The zero-order valence-corrected chi connectivity index (χ0v) is 16.2. The topological polar surface area (TPSA) is 111 Å². The quantitative estimate of drug-likeness (QED) is 0.440. The maximum atomic E-state index is 12.3. The van der Waals surface area contributed by atoms with Gasteiger partial charge in [-0.3, -0.25) is 28.8 Å². The lowest BCUT2D eigenvalue weighted by atomic mass is 9.85. The molecule has 0 radical (unpaired) electrons. The maximum absolute atomic E-state index is 12.3. The summed E-state index contributed by atoms with van der Waals surface area (Å²) < 4.78 is 6.62. The van der Waals surface area contributed by atoms with E-state index < -0.39 is 18.5 Å². The second-order valence-corrected chi connectivity index (χ2v) is 7.11. The number of imide groups is 1. The number of nitrogens with one attached hydrogen (secondary N) is 1. The number of aryl methyl sites for hydroxylation is 2. The number of carbonyl (C=O) groups is 4. The number of rotatable bonds is 6. The van der Waals surface area contributed by atoms with Crippen molar-refractivity contribution in [2.75, 3.05) is 18.5 Å². The van der Waals surface area contributed by atoms with Crippen LogP contribution in [0.3, 0.4) is 0 Å². The molecule has 2 aliphatic rings. The molecule has 1 aliphatic heterocycles. The fourth-order valence-electron chi connectivity index (χ4n) is 3.64. The second kappa shape index (κ2) is 7.95. The summed E-state index contributed by atoms with van der Waals surface area (Å²) in [5.41, 5.74) is 2.05. The number of nitrogens with zero attached hydrogens (tertiary/aromatic N) is 3. The van der Waals surface area contributed by atoms with Crippen LogP contribution in [-0.2, 0) is 31.0 Å². The molecule has 2 heterocycles. The number of hydrogen-bond donors (Lipinski definition) is 1. The van der Waals surface area contributed by atoms with Gasteiger partial charge < -0.3 is 10.1 Å². The van der Waals surface area contributed by atoms with Gasteiger partial charge >= 0.3 is 5.97 Å². The van der Waals surface area contributed by atoms with Crippen molar-refractivity contribution in [3.63, 3.8) is 0 Å². The van der Waals surface area contributed by atoms with Gasteiger partial charge in [-0.05, 0) is 26.7 Å². The lowest BCUT2D eigenvalue weighted by molar-refractivity contribution is -0.148. The van der Waals surface area contributed by atoms with E-state index in [2.05, 4.69) is 10.4 Å². The number of fused-ring (bicyclic) bond motifs is 1. The Morgan fingerprint density at radius 3 is 2.32 bits per heavy atom. The highest BCUT2D eigenvalue weighted by Gasteiger charge is 2.46. The molecular weight excluding hydrogens is 364 g/mol. The average molecular weight is 388 g/mol. The Morgan fingerprint density at radius 2 is 1.79 bits per heavy atom. The first-order valence-electron chi connectivity index (χ1n) is 9.25. The van der Waals surface area contributed by atoms with Crippen molar-refractivity contribution >= 4 is 29.4 Å². The number of anilines is 1. The van der Waals surface area contributed by atoms with Gasteiger partial charge in [0, 0.05) is 13.6 Å². The van der Waals surface area contributed by atoms with E-state index in [1.807, 2.05) is 19.1 Å². The Labute approximate surface area is 162 Å². The molecule has 1 aromatic heterocycles. The highest BCUT2D eigenvalue weighted by molar-refractivity contribution is 6.05. The molecule has 0 unspecified atom stereocenters. The van der Waals surface area contributed by atoms with Crippen LogP contribution in [0, 0.1) is 25.7 Å². The minimum absolute atomic E-state index is 0.0219. The third-order valence-electron chi connectivity index (χ3n) is 5.28. The average Bonchev–Trinajstić information content (AvgIpc) is 3.06. The summed E-state index contributed by atoms with van der Waals surface area (Å²) >= 11 is 0. The summed E-state index contributed by atoms with van der Waals surface area (Å²) in [4.78, 5) is 49.8. The Morgan fingerprint density at radius 1 is 1.18 bits per heavy atom. The molecule has 1 aromatic rings. The molecule has 0 bridgehead atoms. The SMILES string of the molecule is Cc1nn(C)c(C)c1NC(=O)COC(=O)CCN1C(=O)[C@H]2CC=CC[C@@H]2C1=O. The molecule has 9 nitrogen and oxygen atoms in total. The van der Waals surface area contributed by atoms with Gasteiger partial charge in [-0.25, -0.2) is 0 Å². The van der Waals surface area contributed by atoms with E-state index in [0.717, 1.165) is 10.6 Å². The van der Waals surface area contributed by atoms with E-state index >= 15 is 0 Å². The van der Waals surface area contributed by atoms with Gasteiger partial charge in [0.25, 0.3) is 5.91 Å². The van der Waals surface area contributed by atoms with Gasteiger partial charge in [-0.2, -0.15) is 5.10 Å². The maximum Gasteiger partial charge on any atom is 0.308 e. The Kier molecular flexibility index (Phi) is 5.62. The molecule has 3 amide bonds. The van der Waals surface area contributed by atoms with Crippen LogP contribution >= 0.6 is 0 Å². The lowest BCUT2D eigenvalue weighted by Gasteiger charge is -2.14. The summed E-state index contributed by atoms with van der Waals surface area (Å²) in [6, 6.07) is 0. The second-order valence-electron chi connectivity index (χ2n) is 7.11. The fraction of sp³-hybridized carbons (Fsp3) is 0.526. The summed E-state index contributed by atoms with van der Waals surface area (Å²) in [5.74, 6) is -2.20. The van der Waals surface area contributed by atoms with Crippen molar-refractivity contribution in [2.45, 2.75) is 33.1 Å². The van der Waals surface area contributed by atoms with Crippen LogP contribution in [0.5, 0.6) is 0 Å². The number of likely N-dealkylation sites (tertiary alicyclic amines) is 1. The Hall–Kier alpha value is -2.97. The summed E-state index contributed by atoms with van der Waals surface area (Å²) in [6.45, 7) is 3.13. The first-order valence-corrected chi connectivity index (χ1v) is 9.25. The third kappa shape index (κ3) is 3.83. The van der Waals surface area contributed by atoms with Gasteiger partial charge in [0.15, 0.2) is 6.61 Å². The van der Waals surface area contributed by atoms with Gasteiger partial charge in [0.1, 0.15) is 0 Å². The lowest BCUT2D eigenvalue weighted by Crippen LogP contribution is -2.33. The number of ether oxygens (including phenoxy) is 1. The number of aromatic nitrogens is 2. The molecule has 1 fully saturated rings. The summed E-state index contributed by atoms with van der Waals surface area (Å²) in [5, 5.41) is 6.87. The van der Waals surface area contributed by atoms with Crippen molar-refractivity contribution in [3.05, 3.63) is 23.5 Å². The zero-order valence-electron chi connectivity index (χ0n) is 16.2. The zero-order chi connectivity index (χ0) is 20.4. The van der Waals surface area contributed by atoms with Crippen LogP contribution < -0.4 is 5.32 Å². The molecule has 0 spiro atoms. The molecule has 9 heteroatoms. The minimum Gasteiger partial charge on any atom is -0.456 e. The van der Waals surface area contributed by atoms with E-state index in [9.17, 15) is 19.2 Å². The van der Waals surface area contributed by atoms with Crippen LogP contribution in [0.4, 0.5) is 5.69 Å². The van der Waals surface area contributed by atoms with Crippen molar-refractivity contribution < 1.29 is 23.9 Å². The van der Waals surface area contributed by atoms with Crippen LogP contribution in [0.25, 0.3) is 0 Å². The smallest absolute Gasteiger partial charge is 0.308 e. The van der Waals surface area contributed by atoms with Crippen molar-refractivity contribution in [1.82, 2.24) is 14.7 Å². The Bertz CT molecular complexity index is 831. The molecule has 1 aliphatic carbocycles. The number of hydrogen-bond acceptors (Lipinski definition) is 6. The molecule has 1 N–H and O–H groups in total. The van der Waals surface area contributed by atoms with Crippen LogP contribution in [-0.4, -0.2) is 51.5 Å². The fourth-order valence-corrected chi connectivity index (χ4v) is 3.64. The molecule has 28 heavy (non-hydrogen) atoms. The number of carbonyl (C=O) groups excluding carboxylic acids is 4. The minimum atomic E-state index is -0.636. The van der Waals surface area contributed by atoms with E-state index in [-0.39, 0.29) is 36.6 Å². The van der Waals surface area contributed by atoms with Gasteiger partial charge in [-0.15, -0.1) is 0 Å². The van der Waals surface area contributed by atoms with Gasteiger partial charge in [0.2, 0.25) is 11.8 Å². The third-order valence-corrected chi connectivity index (χ3v) is 5.28. The number of amides is 3.